The highest BCUT2D eigenvalue weighted by Crippen LogP contribution is 2.34. The lowest BCUT2D eigenvalue weighted by Crippen LogP contribution is -2.46. The molecule has 4 rings (SSSR count). The van der Waals surface area contributed by atoms with Crippen LogP contribution in [0.2, 0.25) is 0 Å². The van der Waals surface area contributed by atoms with Crippen LogP contribution >= 0.6 is 22.7 Å². The van der Waals surface area contributed by atoms with Gasteiger partial charge in [-0.15, -0.1) is 22.7 Å². The van der Waals surface area contributed by atoms with Crippen LogP contribution in [0.25, 0.3) is 11.3 Å². The van der Waals surface area contributed by atoms with E-state index in [1.165, 1.54) is 22.7 Å². The van der Waals surface area contributed by atoms with E-state index < -0.39 is 0 Å². The molecule has 0 spiro atoms. The first-order valence-corrected chi connectivity index (χ1v) is 12.4. The summed E-state index contributed by atoms with van der Waals surface area (Å²) < 4.78 is 10.7. The number of methoxy groups -OCH3 is 2. The predicted octanol–water partition coefficient (Wildman–Crippen LogP) is 3.72. The molecular formula is C23H26N4O4S2. The molecule has 2 N–H and O–H groups in total. The quantitative estimate of drug-likeness (QED) is 0.504. The highest BCUT2D eigenvalue weighted by molar-refractivity contribution is 7.14. The molecular weight excluding hydrogens is 460 g/mol. The summed E-state index contributed by atoms with van der Waals surface area (Å²) in [5.74, 6) is 1.24. The molecule has 1 aromatic carbocycles. The second-order valence-electron chi connectivity index (χ2n) is 7.65. The Labute approximate surface area is 200 Å². The Morgan fingerprint density at radius 3 is 2.67 bits per heavy atom. The fourth-order valence-corrected chi connectivity index (χ4v) is 5.08. The van der Waals surface area contributed by atoms with Gasteiger partial charge in [0.25, 0.3) is 5.91 Å². The molecule has 33 heavy (non-hydrogen) atoms. The van der Waals surface area contributed by atoms with E-state index in [1.807, 2.05) is 35.0 Å². The molecule has 2 aromatic heterocycles. The maximum absolute atomic E-state index is 12.6. The molecule has 1 aliphatic rings. The fraction of sp³-hybridized carbons (Fsp3) is 0.348. The molecule has 3 aromatic rings. The molecule has 10 heteroatoms. The molecule has 174 valence electrons. The zero-order chi connectivity index (χ0) is 23.2. The molecule has 0 unspecified atom stereocenters. The van der Waals surface area contributed by atoms with E-state index >= 15 is 0 Å². The fourth-order valence-electron chi connectivity index (χ4n) is 3.73. The van der Waals surface area contributed by atoms with Gasteiger partial charge in [-0.1, -0.05) is 6.07 Å². The largest absolute Gasteiger partial charge is 0.497 e. The number of ether oxygens (including phenoxy) is 2. The summed E-state index contributed by atoms with van der Waals surface area (Å²) in [7, 11) is 3.21. The van der Waals surface area contributed by atoms with Gasteiger partial charge in [0, 0.05) is 36.1 Å². The Balaban J connectivity index is 1.26. The number of rotatable bonds is 8. The monoisotopic (exact) mass is 486 g/mol. The van der Waals surface area contributed by atoms with Gasteiger partial charge in [-0.2, -0.15) is 0 Å². The number of benzene rings is 1. The van der Waals surface area contributed by atoms with Gasteiger partial charge in [0.15, 0.2) is 5.13 Å². The number of hydrogen-bond donors (Lipinski definition) is 2. The van der Waals surface area contributed by atoms with Crippen molar-refractivity contribution in [3.63, 3.8) is 0 Å². The summed E-state index contributed by atoms with van der Waals surface area (Å²) in [6.07, 6.45) is 1.64. The molecule has 0 atom stereocenters. The van der Waals surface area contributed by atoms with Crippen LogP contribution in [0.1, 0.15) is 22.5 Å². The SMILES string of the molecule is COc1ccc(-c2csc(NC(=O)CN3CCC(NC(=O)c4cccs4)CC3)n2)c(OC)c1. The molecule has 2 amide bonds. The Bertz CT molecular complexity index is 1090. The molecule has 1 saturated heterocycles. The van der Waals surface area contributed by atoms with E-state index in [1.54, 1.807) is 20.3 Å². The maximum Gasteiger partial charge on any atom is 0.261 e. The first-order valence-electron chi connectivity index (χ1n) is 10.6. The summed E-state index contributed by atoms with van der Waals surface area (Å²) in [5, 5.41) is 10.3. The minimum Gasteiger partial charge on any atom is -0.497 e. The van der Waals surface area contributed by atoms with Crippen molar-refractivity contribution < 1.29 is 19.1 Å². The minimum atomic E-state index is -0.0985. The van der Waals surface area contributed by atoms with Crippen molar-refractivity contribution in [3.05, 3.63) is 46.0 Å². The topological polar surface area (TPSA) is 92.8 Å². The lowest BCUT2D eigenvalue weighted by molar-refractivity contribution is -0.117. The summed E-state index contributed by atoms with van der Waals surface area (Å²) in [4.78, 5) is 32.1. The molecule has 8 nitrogen and oxygen atoms in total. The van der Waals surface area contributed by atoms with Gasteiger partial charge in [-0.05, 0) is 36.4 Å². The standard InChI is InChI=1S/C23H26N4O4S2/c1-30-16-5-6-17(19(12-16)31-2)18-14-33-23(25-18)26-21(28)13-27-9-7-15(8-10-27)24-22(29)20-4-3-11-32-20/h3-6,11-12,14-15H,7-10,13H2,1-2H3,(H,24,29)(H,25,26,28). The van der Waals surface area contributed by atoms with Gasteiger partial charge in [0.1, 0.15) is 11.5 Å². The minimum absolute atomic E-state index is 0.0192. The third-order valence-corrected chi connectivity index (χ3v) is 7.10. The Morgan fingerprint density at radius 1 is 1.15 bits per heavy atom. The van der Waals surface area contributed by atoms with E-state index in [-0.39, 0.29) is 17.9 Å². The van der Waals surface area contributed by atoms with Crippen LogP contribution in [-0.2, 0) is 4.79 Å². The molecule has 0 radical (unpaired) electrons. The Morgan fingerprint density at radius 2 is 1.97 bits per heavy atom. The molecule has 1 fully saturated rings. The number of anilines is 1. The van der Waals surface area contributed by atoms with Gasteiger partial charge in [0.2, 0.25) is 5.91 Å². The number of hydrogen-bond acceptors (Lipinski definition) is 8. The van der Waals surface area contributed by atoms with Crippen molar-refractivity contribution in [1.82, 2.24) is 15.2 Å². The maximum atomic E-state index is 12.6. The van der Waals surface area contributed by atoms with Crippen LogP contribution in [0.5, 0.6) is 11.5 Å². The first-order chi connectivity index (χ1) is 16.1. The number of carbonyl (C=O) groups excluding carboxylic acids is 2. The van der Waals surface area contributed by atoms with Crippen LogP contribution in [0, 0.1) is 0 Å². The average molecular weight is 487 g/mol. The number of carbonyl (C=O) groups is 2. The predicted molar refractivity (Wildman–Crippen MR) is 131 cm³/mol. The number of thiophene rings is 1. The highest BCUT2D eigenvalue weighted by atomic mass is 32.1. The van der Waals surface area contributed by atoms with Crippen molar-refractivity contribution in [2.45, 2.75) is 18.9 Å². The van der Waals surface area contributed by atoms with Crippen molar-refractivity contribution in [2.75, 3.05) is 39.2 Å². The van der Waals surface area contributed by atoms with E-state index in [2.05, 4.69) is 20.5 Å². The number of aromatic nitrogens is 1. The summed E-state index contributed by atoms with van der Waals surface area (Å²) in [6.45, 7) is 1.82. The number of nitrogens with one attached hydrogen (secondary N) is 2. The zero-order valence-corrected chi connectivity index (χ0v) is 20.1. The van der Waals surface area contributed by atoms with Gasteiger partial charge >= 0.3 is 0 Å². The van der Waals surface area contributed by atoms with Gasteiger partial charge < -0.3 is 20.1 Å². The number of thiazole rings is 1. The zero-order valence-electron chi connectivity index (χ0n) is 18.5. The average Bonchev–Trinajstić information content (AvgIpc) is 3.52. The van der Waals surface area contributed by atoms with E-state index in [9.17, 15) is 9.59 Å². The van der Waals surface area contributed by atoms with Crippen LogP contribution in [-0.4, -0.2) is 61.6 Å². The second kappa shape index (κ2) is 10.8. The third-order valence-electron chi connectivity index (χ3n) is 5.47. The summed E-state index contributed by atoms with van der Waals surface area (Å²) in [5.41, 5.74) is 1.57. The van der Waals surface area contributed by atoms with Gasteiger partial charge in [-0.25, -0.2) is 4.98 Å². The van der Waals surface area contributed by atoms with Crippen molar-refractivity contribution in [1.29, 1.82) is 0 Å². The second-order valence-corrected chi connectivity index (χ2v) is 9.46. The van der Waals surface area contributed by atoms with Crippen LogP contribution in [0.3, 0.4) is 0 Å². The van der Waals surface area contributed by atoms with Gasteiger partial charge in [-0.3, -0.25) is 14.5 Å². The Hall–Kier alpha value is -2.95. The number of piperidine rings is 1. The Kier molecular flexibility index (Phi) is 7.58. The van der Waals surface area contributed by atoms with Crippen molar-refractivity contribution in [2.24, 2.45) is 0 Å². The molecule has 0 saturated carbocycles. The number of amides is 2. The highest BCUT2D eigenvalue weighted by Gasteiger charge is 2.23. The lowest BCUT2D eigenvalue weighted by atomic mass is 10.0. The third kappa shape index (κ3) is 5.89. The first kappa shape index (κ1) is 23.2. The molecule has 0 bridgehead atoms. The van der Waals surface area contributed by atoms with Crippen molar-refractivity contribution >= 4 is 39.6 Å². The van der Waals surface area contributed by atoms with Crippen LogP contribution in [0.4, 0.5) is 5.13 Å². The van der Waals surface area contributed by atoms with E-state index in [0.29, 0.717) is 23.2 Å². The summed E-state index contributed by atoms with van der Waals surface area (Å²) in [6, 6.07) is 9.38. The number of nitrogens with zero attached hydrogens (tertiary/aromatic N) is 2. The van der Waals surface area contributed by atoms with E-state index in [4.69, 9.17) is 9.47 Å². The number of likely N-dealkylation sites (tertiary alicyclic amines) is 1. The van der Waals surface area contributed by atoms with Crippen LogP contribution in [0.15, 0.2) is 41.1 Å². The van der Waals surface area contributed by atoms with Crippen LogP contribution < -0.4 is 20.1 Å². The van der Waals surface area contributed by atoms with E-state index in [0.717, 1.165) is 42.1 Å². The lowest BCUT2D eigenvalue weighted by Gasteiger charge is -2.31. The smallest absolute Gasteiger partial charge is 0.261 e. The molecule has 3 heterocycles. The van der Waals surface area contributed by atoms with Gasteiger partial charge in [0.05, 0.1) is 31.3 Å². The van der Waals surface area contributed by atoms with Crippen molar-refractivity contribution in [3.8, 4) is 22.8 Å². The normalized spacial score (nSPS) is 14.6. The summed E-state index contributed by atoms with van der Waals surface area (Å²) >= 11 is 2.82. The molecule has 1 aliphatic heterocycles. The molecule has 0 aliphatic carbocycles.